The van der Waals surface area contributed by atoms with Crippen molar-refractivity contribution in [3.05, 3.63) is 45.3 Å². The van der Waals surface area contributed by atoms with Crippen molar-refractivity contribution in [3.63, 3.8) is 0 Å². The van der Waals surface area contributed by atoms with Crippen LogP contribution in [0.4, 0.5) is 5.00 Å². The number of hydrogen-bond acceptors (Lipinski definition) is 5. The van der Waals surface area contributed by atoms with E-state index < -0.39 is 0 Å². The molecule has 0 radical (unpaired) electrons. The van der Waals surface area contributed by atoms with Crippen LogP contribution in [0.5, 0.6) is 5.75 Å². The first kappa shape index (κ1) is 23.3. The largest absolute Gasteiger partial charge is 0.494 e. The second kappa shape index (κ2) is 10.3. The minimum atomic E-state index is -0.370. The fourth-order valence-corrected chi connectivity index (χ4v) is 5.57. The van der Waals surface area contributed by atoms with Crippen molar-refractivity contribution in [3.8, 4) is 5.75 Å². The summed E-state index contributed by atoms with van der Waals surface area (Å²) in [7, 11) is 1.39. The van der Waals surface area contributed by atoms with Crippen LogP contribution in [0, 0.1) is 12.8 Å². The fourth-order valence-electron chi connectivity index (χ4n) is 4.15. The maximum atomic E-state index is 12.5. The lowest BCUT2D eigenvalue weighted by molar-refractivity contribution is -0.116. The first-order chi connectivity index (χ1) is 14.8. The first-order valence-electron chi connectivity index (χ1n) is 11.1. The molecule has 1 unspecified atom stereocenters. The predicted octanol–water partition coefficient (Wildman–Crippen LogP) is 5.89. The van der Waals surface area contributed by atoms with Gasteiger partial charge in [-0.25, -0.2) is 4.79 Å². The lowest BCUT2D eigenvalue weighted by Gasteiger charge is -2.18. The number of carbonyl (C=O) groups excluding carboxylic acids is 2. The highest BCUT2D eigenvalue weighted by molar-refractivity contribution is 7.17. The number of nitrogens with one attached hydrogen (secondary N) is 1. The van der Waals surface area contributed by atoms with Crippen LogP contribution in [0.25, 0.3) is 0 Å². The molecule has 0 fully saturated rings. The molecule has 6 heteroatoms. The van der Waals surface area contributed by atoms with Gasteiger partial charge in [0, 0.05) is 11.3 Å². The highest BCUT2D eigenvalue weighted by Gasteiger charge is 2.28. The summed E-state index contributed by atoms with van der Waals surface area (Å²) in [6.07, 6.45) is 3.80. The molecule has 168 valence electrons. The number of amides is 1. The van der Waals surface area contributed by atoms with Gasteiger partial charge in [0.15, 0.2) is 0 Å². The van der Waals surface area contributed by atoms with Crippen molar-refractivity contribution >= 4 is 28.2 Å². The molecule has 1 aliphatic rings. The second-order valence-electron chi connectivity index (χ2n) is 8.72. The summed E-state index contributed by atoms with van der Waals surface area (Å²) in [5.74, 6) is 1.43. The van der Waals surface area contributed by atoms with E-state index in [-0.39, 0.29) is 11.9 Å². The van der Waals surface area contributed by atoms with E-state index in [1.807, 2.05) is 6.07 Å². The van der Waals surface area contributed by atoms with Gasteiger partial charge in [-0.15, -0.1) is 11.3 Å². The monoisotopic (exact) mass is 443 g/mol. The van der Waals surface area contributed by atoms with Gasteiger partial charge < -0.3 is 14.8 Å². The van der Waals surface area contributed by atoms with E-state index in [0.717, 1.165) is 30.6 Å². The van der Waals surface area contributed by atoms with E-state index >= 15 is 0 Å². The molecule has 3 rings (SSSR count). The summed E-state index contributed by atoms with van der Waals surface area (Å²) < 4.78 is 10.8. The Hall–Kier alpha value is -2.34. The number of rotatable bonds is 8. The van der Waals surface area contributed by atoms with E-state index in [1.165, 1.54) is 34.5 Å². The van der Waals surface area contributed by atoms with Crippen molar-refractivity contribution in [1.82, 2.24) is 0 Å². The number of ether oxygens (including phenoxy) is 2. The standard InChI is InChI=1S/C25H33NO4S/c1-15(2)19-11-9-18(14-17(19)4)30-12-6-7-22(27)26-24-23(25(28)29-5)20-10-8-16(3)13-21(20)31-24/h9,11,14-16H,6-8,10,12-13H2,1-5H3,(H,26,27). The normalized spacial score (nSPS) is 15.5. The average molecular weight is 444 g/mol. The topological polar surface area (TPSA) is 64.6 Å². The molecule has 1 amide bonds. The van der Waals surface area contributed by atoms with Crippen LogP contribution in [0.15, 0.2) is 18.2 Å². The number of thiophene rings is 1. The van der Waals surface area contributed by atoms with Gasteiger partial charge in [-0.05, 0) is 73.3 Å². The number of benzene rings is 1. The minimum absolute atomic E-state index is 0.105. The number of hydrogen-bond donors (Lipinski definition) is 1. The van der Waals surface area contributed by atoms with Gasteiger partial charge in [0.05, 0.1) is 19.3 Å². The smallest absolute Gasteiger partial charge is 0.341 e. The number of esters is 1. The molecule has 2 aromatic rings. The SMILES string of the molecule is COC(=O)c1c(NC(=O)CCCOc2ccc(C(C)C)c(C)c2)sc2c1CCC(C)C2. The van der Waals surface area contributed by atoms with Crippen molar-refractivity contribution < 1.29 is 19.1 Å². The zero-order valence-corrected chi connectivity index (χ0v) is 20.0. The van der Waals surface area contributed by atoms with Crippen LogP contribution in [0.3, 0.4) is 0 Å². The van der Waals surface area contributed by atoms with Crippen LogP contribution in [-0.2, 0) is 22.4 Å². The van der Waals surface area contributed by atoms with Crippen LogP contribution in [0.1, 0.15) is 77.9 Å². The number of fused-ring (bicyclic) bond motifs is 1. The summed E-state index contributed by atoms with van der Waals surface area (Å²) in [6.45, 7) is 9.14. The Morgan fingerprint density at radius 3 is 2.74 bits per heavy atom. The Balaban J connectivity index is 1.55. The minimum Gasteiger partial charge on any atom is -0.494 e. The first-order valence-corrected chi connectivity index (χ1v) is 11.9. The fraction of sp³-hybridized carbons (Fsp3) is 0.520. The summed E-state index contributed by atoms with van der Waals surface area (Å²) >= 11 is 1.51. The molecule has 0 spiro atoms. The number of methoxy groups -OCH3 is 1. The van der Waals surface area contributed by atoms with E-state index in [9.17, 15) is 9.59 Å². The molecule has 0 saturated carbocycles. The predicted molar refractivity (Wildman–Crippen MR) is 125 cm³/mol. The second-order valence-corrected chi connectivity index (χ2v) is 9.83. The summed E-state index contributed by atoms with van der Waals surface area (Å²) in [5.41, 5.74) is 4.13. The Bertz CT molecular complexity index is 947. The van der Waals surface area contributed by atoms with Crippen LogP contribution < -0.4 is 10.1 Å². The van der Waals surface area contributed by atoms with Gasteiger partial charge in [-0.1, -0.05) is 26.8 Å². The lowest BCUT2D eigenvalue weighted by Crippen LogP contribution is -2.16. The lowest BCUT2D eigenvalue weighted by atomic mass is 9.88. The van der Waals surface area contributed by atoms with Crippen LogP contribution in [-0.4, -0.2) is 25.6 Å². The molecule has 1 aromatic carbocycles. The average Bonchev–Trinajstić information content (AvgIpc) is 3.07. The Morgan fingerprint density at radius 1 is 1.29 bits per heavy atom. The summed E-state index contributed by atoms with van der Waals surface area (Å²) in [6, 6.07) is 6.15. The molecule has 1 aliphatic carbocycles. The molecule has 1 N–H and O–H groups in total. The van der Waals surface area contributed by atoms with Crippen LogP contribution in [0.2, 0.25) is 0 Å². The summed E-state index contributed by atoms with van der Waals surface area (Å²) in [4.78, 5) is 26.1. The third-order valence-corrected chi connectivity index (χ3v) is 7.00. The zero-order valence-electron chi connectivity index (χ0n) is 19.2. The van der Waals surface area contributed by atoms with E-state index in [1.54, 1.807) is 0 Å². The maximum Gasteiger partial charge on any atom is 0.341 e. The van der Waals surface area contributed by atoms with Gasteiger partial charge in [-0.2, -0.15) is 0 Å². The van der Waals surface area contributed by atoms with E-state index in [2.05, 4.69) is 45.1 Å². The molecule has 1 atom stereocenters. The Morgan fingerprint density at radius 2 is 2.06 bits per heavy atom. The highest BCUT2D eigenvalue weighted by Crippen LogP contribution is 2.40. The molecular formula is C25H33NO4S. The quantitative estimate of drug-likeness (QED) is 0.408. The van der Waals surface area contributed by atoms with Crippen molar-refractivity contribution in [2.45, 2.75) is 65.7 Å². The molecule has 31 heavy (non-hydrogen) atoms. The maximum absolute atomic E-state index is 12.5. The van der Waals surface area contributed by atoms with Crippen LogP contribution >= 0.6 is 11.3 Å². The number of anilines is 1. The zero-order chi connectivity index (χ0) is 22.5. The van der Waals surface area contributed by atoms with Gasteiger partial charge in [-0.3, -0.25) is 4.79 Å². The van der Waals surface area contributed by atoms with Gasteiger partial charge >= 0.3 is 5.97 Å². The Kier molecular flexibility index (Phi) is 7.76. The van der Waals surface area contributed by atoms with Gasteiger partial charge in [0.2, 0.25) is 5.91 Å². The molecule has 0 bridgehead atoms. The van der Waals surface area contributed by atoms with E-state index in [0.29, 0.717) is 41.8 Å². The third-order valence-electron chi connectivity index (χ3n) is 5.83. The molecule has 0 saturated heterocycles. The number of carbonyl (C=O) groups is 2. The highest BCUT2D eigenvalue weighted by atomic mass is 32.1. The molecule has 5 nitrogen and oxygen atoms in total. The molecule has 0 aliphatic heterocycles. The summed E-state index contributed by atoms with van der Waals surface area (Å²) in [5, 5.41) is 3.57. The number of aryl methyl sites for hydroxylation is 1. The van der Waals surface area contributed by atoms with Crippen molar-refractivity contribution in [1.29, 1.82) is 0 Å². The Labute approximate surface area is 189 Å². The van der Waals surface area contributed by atoms with Crippen molar-refractivity contribution in [2.75, 3.05) is 19.0 Å². The third kappa shape index (κ3) is 5.67. The molecule has 1 aromatic heterocycles. The van der Waals surface area contributed by atoms with Gasteiger partial charge in [0.25, 0.3) is 0 Å². The van der Waals surface area contributed by atoms with Gasteiger partial charge in [0.1, 0.15) is 10.8 Å². The molecule has 1 heterocycles. The molecular weight excluding hydrogens is 410 g/mol. The van der Waals surface area contributed by atoms with Crippen molar-refractivity contribution in [2.24, 2.45) is 5.92 Å². The van der Waals surface area contributed by atoms with E-state index in [4.69, 9.17) is 9.47 Å².